The zero-order valence-corrected chi connectivity index (χ0v) is 10.3. The number of halogens is 2. The summed E-state index contributed by atoms with van der Waals surface area (Å²) < 4.78 is 6.63. The fraction of sp³-hybridized carbons (Fsp3) is 0.400. The first-order valence-electron chi connectivity index (χ1n) is 4.37. The van der Waals surface area contributed by atoms with Gasteiger partial charge in [0.1, 0.15) is 5.75 Å². The minimum atomic E-state index is 0. The van der Waals surface area contributed by atoms with Crippen LogP contribution in [0.5, 0.6) is 5.75 Å². The first kappa shape index (κ1) is 11.8. The van der Waals surface area contributed by atoms with Gasteiger partial charge in [-0.15, -0.1) is 12.4 Å². The lowest BCUT2D eigenvalue weighted by molar-refractivity contribution is 0.268. The molecule has 1 aromatic rings. The SMILES string of the molecule is Cc1cc2c(cc1Br)C(N)CCO2.Cl. The topological polar surface area (TPSA) is 35.2 Å². The van der Waals surface area contributed by atoms with E-state index in [-0.39, 0.29) is 18.4 Å². The molecule has 1 atom stereocenters. The van der Waals surface area contributed by atoms with Crippen LogP contribution < -0.4 is 10.5 Å². The Morgan fingerprint density at radius 3 is 2.93 bits per heavy atom. The predicted octanol–water partition coefficient (Wildman–Crippen LogP) is 2.96. The van der Waals surface area contributed by atoms with Crippen molar-refractivity contribution >= 4 is 28.3 Å². The smallest absolute Gasteiger partial charge is 0.124 e. The maximum absolute atomic E-state index is 5.96. The molecule has 2 nitrogen and oxygen atoms in total. The van der Waals surface area contributed by atoms with Crippen molar-refractivity contribution in [1.82, 2.24) is 0 Å². The van der Waals surface area contributed by atoms with Gasteiger partial charge >= 0.3 is 0 Å². The molecule has 0 radical (unpaired) electrons. The van der Waals surface area contributed by atoms with Crippen LogP contribution in [0.3, 0.4) is 0 Å². The first-order chi connectivity index (χ1) is 6.18. The van der Waals surface area contributed by atoms with Gasteiger partial charge in [-0.2, -0.15) is 0 Å². The standard InChI is InChI=1S/C10H12BrNO.ClH/c1-6-4-10-7(5-8(6)11)9(12)2-3-13-10;/h4-5,9H,2-3,12H2,1H3;1H. The Morgan fingerprint density at radius 1 is 1.50 bits per heavy atom. The van der Waals surface area contributed by atoms with Crippen molar-refractivity contribution in [1.29, 1.82) is 0 Å². The monoisotopic (exact) mass is 277 g/mol. The molecule has 1 aliphatic heterocycles. The lowest BCUT2D eigenvalue weighted by Gasteiger charge is -2.23. The molecule has 1 aromatic carbocycles. The minimum absolute atomic E-state index is 0. The van der Waals surface area contributed by atoms with Gasteiger partial charge in [0.15, 0.2) is 0 Å². The molecule has 1 aliphatic rings. The van der Waals surface area contributed by atoms with Crippen molar-refractivity contribution < 1.29 is 4.74 Å². The Kier molecular flexibility index (Phi) is 3.81. The summed E-state index contributed by atoms with van der Waals surface area (Å²) in [5, 5.41) is 0. The zero-order valence-electron chi connectivity index (χ0n) is 7.92. The molecule has 4 heteroatoms. The van der Waals surface area contributed by atoms with E-state index in [0.29, 0.717) is 0 Å². The van der Waals surface area contributed by atoms with E-state index in [1.807, 2.05) is 13.0 Å². The summed E-state index contributed by atoms with van der Waals surface area (Å²) in [5.41, 5.74) is 8.27. The lowest BCUT2D eigenvalue weighted by atomic mass is 10.0. The fourth-order valence-electron chi connectivity index (χ4n) is 1.54. The molecule has 0 aliphatic carbocycles. The molecule has 0 spiro atoms. The summed E-state index contributed by atoms with van der Waals surface area (Å²) in [5.74, 6) is 0.944. The van der Waals surface area contributed by atoms with Crippen molar-refractivity contribution in [3.63, 3.8) is 0 Å². The van der Waals surface area contributed by atoms with Crippen LogP contribution in [-0.4, -0.2) is 6.61 Å². The van der Waals surface area contributed by atoms with E-state index in [1.54, 1.807) is 0 Å². The number of nitrogens with two attached hydrogens (primary N) is 1. The second-order valence-electron chi connectivity index (χ2n) is 3.38. The average Bonchev–Trinajstić information content (AvgIpc) is 2.09. The molecule has 0 bridgehead atoms. The van der Waals surface area contributed by atoms with E-state index < -0.39 is 0 Å². The van der Waals surface area contributed by atoms with Crippen LogP contribution >= 0.6 is 28.3 Å². The van der Waals surface area contributed by atoms with Crippen molar-refractivity contribution in [3.8, 4) is 5.75 Å². The highest BCUT2D eigenvalue weighted by Gasteiger charge is 2.18. The van der Waals surface area contributed by atoms with E-state index in [2.05, 4.69) is 22.0 Å². The average molecular weight is 279 g/mol. The van der Waals surface area contributed by atoms with Crippen LogP contribution in [0.4, 0.5) is 0 Å². The van der Waals surface area contributed by atoms with Crippen LogP contribution in [0.15, 0.2) is 16.6 Å². The molecule has 0 amide bonds. The van der Waals surface area contributed by atoms with Gasteiger partial charge in [0.2, 0.25) is 0 Å². The molecule has 2 rings (SSSR count). The normalized spacial score (nSPS) is 19.2. The number of fused-ring (bicyclic) bond motifs is 1. The van der Waals surface area contributed by atoms with Gasteiger partial charge in [-0.1, -0.05) is 15.9 Å². The van der Waals surface area contributed by atoms with Crippen LogP contribution in [0.1, 0.15) is 23.6 Å². The Balaban J connectivity index is 0.000000980. The van der Waals surface area contributed by atoms with Gasteiger partial charge in [-0.3, -0.25) is 0 Å². The quantitative estimate of drug-likeness (QED) is 0.792. The van der Waals surface area contributed by atoms with Crippen LogP contribution in [-0.2, 0) is 0 Å². The summed E-state index contributed by atoms with van der Waals surface area (Å²) in [6, 6.07) is 4.23. The molecule has 0 saturated heterocycles. The summed E-state index contributed by atoms with van der Waals surface area (Å²) in [7, 11) is 0. The van der Waals surface area contributed by atoms with Crippen molar-refractivity contribution in [3.05, 3.63) is 27.7 Å². The van der Waals surface area contributed by atoms with Gasteiger partial charge in [-0.05, 0) is 24.6 Å². The summed E-state index contributed by atoms with van der Waals surface area (Å²) in [6.45, 7) is 2.78. The van der Waals surface area contributed by atoms with Gasteiger partial charge in [0.25, 0.3) is 0 Å². The van der Waals surface area contributed by atoms with E-state index in [9.17, 15) is 0 Å². The Morgan fingerprint density at radius 2 is 2.21 bits per heavy atom. The largest absolute Gasteiger partial charge is 0.493 e. The van der Waals surface area contributed by atoms with Crippen LogP contribution in [0, 0.1) is 6.92 Å². The first-order valence-corrected chi connectivity index (χ1v) is 5.16. The molecule has 1 heterocycles. The molecule has 2 N–H and O–H groups in total. The molecular weight excluding hydrogens is 265 g/mol. The van der Waals surface area contributed by atoms with Crippen molar-refractivity contribution in [2.24, 2.45) is 5.73 Å². The van der Waals surface area contributed by atoms with Crippen LogP contribution in [0.2, 0.25) is 0 Å². The molecule has 1 unspecified atom stereocenters. The van der Waals surface area contributed by atoms with Gasteiger partial charge in [0.05, 0.1) is 6.61 Å². The van der Waals surface area contributed by atoms with Gasteiger partial charge in [-0.25, -0.2) is 0 Å². The van der Waals surface area contributed by atoms with E-state index in [4.69, 9.17) is 10.5 Å². The van der Waals surface area contributed by atoms with Crippen LogP contribution in [0.25, 0.3) is 0 Å². The number of rotatable bonds is 0. The Bertz CT molecular complexity index is 343. The number of ether oxygens (including phenoxy) is 1. The molecule has 0 fully saturated rings. The molecule has 78 valence electrons. The molecular formula is C10H13BrClNO. The van der Waals surface area contributed by atoms with Crippen molar-refractivity contribution in [2.75, 3.05) is 6.61 Å². The Hall–Kier alpha value is -0.250. The minimum Gasteiger partial charge on any atom is -0.493 e. The highest BCUT2D eigenvalue weighted by Crippen LogP contribution is 2.34. The third kappa shape index (κ3) is 2.05. The second kappa shape index (κ2) is 4.51. The van der Waals surface area contributed by atoms with Crippen molar-refractivity contribution in [2.45, 2.75) is 19.4 Å². The second-order valence-corrected chi connectivity index (χ2v) is 4.24. The van der Waals surface area contributed by atoms with E-state index in [1.165, 1.54) is 5.56 Å². The van der Waals surface area contributed by atoms with Gasteiger partial charge < -0.3 is 10.5 Å². The molecule has 0 saturated carbocycles. The number of hydrogen-bond donors (Lipinski definition) is 1. The third-order valence-corrected chi connectivity index (χ3v) is 3.23. The molecule has 0 aromatic heterocycles. The third-order valence-electron chi connectivity index (χ3n) is 2.38. The fourth-order valence-corrected chi connectivity index (χ4v) is 1.90. The number of aryl methyl sites for hydroxylation is 1. The summed E-state index contributed by atoms with van der Waals surface area (Å²) >= 11 is 3.49. The molecule has 14 heavy (non-hydrogen) atoms. The maximum Gasteiger partial charge on any atom is 0.124 e. The number of benzene rings is 1. The number of hydrogen-bond acceptors (Lipinski definition) is 2. The van der Waals surface area contributed by atoms with E-state index in [0.717, 1.165) is 28.8 Å². The van der Waals surface area contributed by atoms with E-state index >= 15 is 0 Å². The summed E-state index contributed by atoms with van der Waals surface area (Å²) in [4.78, 5) is 0. The zero-order chi connectivity index (χ0) is 9.42. The highest BCUT2D eigenvalue weighted by molar-refractivity contribution is 9.10. The Labute approximate surface area is 98.4 Å². The highest BCUT2D eigenvalue weighted by atomic mass is 79.9. The predicted molar refractivity (Wildman–Crippen MR) is 63.2 cm³/mol. The maximum atomic E-state index is 5.96. The van der Waals surface area contributed by atoms with Gasteiger partial charge in [0, 0.05) is 22.5 Å². The summed E-state index contributed by atoms with van der Waals surface area (Å²) in [6.07, 6.45) is 0.905. The lowest BCUT2D eigenvalue weighted by Crippen LogP contribution is -2.20.